The molecule has 2 N–H and O–H groups in total. The Balaban J connectivity index is 1.86. The average molecular weight is 554 g/mol. The molecule has 3 rings (SSSR count). The Morgan fingerprint density at radius 3 is 2.62 bits per heavy atom. The number of carbonyl (C=O) groups is 3. The van der Waals surface area contributed by atoms with Crippen molar-refractivity contribution in [2.45, 2.75) is 46.2 Å². The van der Waals surface area contributed by atoms with Gasteiger partial charge in [0, 0.05) is 24.8 Å². The normalized spacial score (nSPS) is 23.8. The molecule has 1 saturated heterocycles. The standard InChI is InChI=1S/C29H32ClN3O6/c1-17(34)38-16-39-28(36)19-10-12-22(24(13-19)37-5)33-27(35)26-25(18-7-6-8-20(30)11-9-18)21(15-31)23(32-26)14-29(2,3)4/h6-8,10,12-13,18,21,23,25-26,32H,14,16H2,1-5H3,(H,33,35)/t18?,21?,23?,25?,26-/m1/s1. The Morgan fingerprint density at radius 1 is 1.23 bits per heavy atom. The molecule has 0 aromatic heterocycles. The average Bonchev–Trinajstić information content (AvgIpc) is 3.07. The number of ether oxygens (including phenoxy) is 3. The highest BCUT2D eigenvalue weighted by Gasteiger charge is 2.49. The van der Waals surface area contributed by atoms with E-state index < -0.39 is 36.6 Å². The van der Waals surface area contributed by atoms with Crippen LogP contribution in [-0.2, 0) is 19.1 Å². The van der Waals surface area contributed by atoms with Crippen molar-refractivity contribution in [1.29, 1.82) is 5.26 Å². The second kappa shape index (κ2) is 12.8. The van der Waals surface area contributed by atoms with Gasteiger partial charge in [-0.05, 0) is 36.1 Å². The highest BCUT2D eigenvalue weighted by Crippen LogP contribution is 2.40. The van der Waals surface area contributed by atoms with Crippen molar-refractivity contribution in [3.05, 3.63) is 47.0 Å². The van der Waals surface area contributed by atoms with Crippen molar-refractivity contribution < 1.29 is 28.6 Å². The molecule has 0 bridgehead atoms. The number of nitriles is 1. The van der Waals surface area contributed by atoms with E-state index in [1.165, 1.54) is 32.2 Å². The summed E-state index contributed by atoms with van der Waals surface area (Å²) in [6.45, 7) is 6.95. The van der Waals surface area contributed by atoms with Crippen LogP contribution in [0.2, 0.25) is 0 Å². The minimum absolute atomic E-state index is 0.0817. The third-order valence-corrected chi connectivity index (χ3v) is 6.59. The molecule has 2 aliphatic rings. The topological polar surface area (TPSA) is 127 Å². The summed E-state index contributed by atoms with van der Waals surface area (Å²) in [6, 6.07) is 5.86. The fourth-order valence-electron chi connectivity index (χ4n) is 4.73. The number of benzene rings is 1. The molecule has 0 radical (unpaired) electrons. The smallest absolute Gasteiger partial charge is 0.341 e. The predicted molar refractivity (Wildman–Crippen MR) is 145 cm³/mol. The lowest BCUT2D eigenvalue weighted by molar-refractivity contribution is -0.149. The van der Waals surface area contributed by atoms with E-state index in [4.69, 9.17) is 21.1 Å². The first-order valence-electron chi connectivity index (χ1n) is 12.4. The van der Waals surface area contributed by atoms with E-state index in [0.29, 0.717) is 17.1 Å². The summed E-state index contributed by atoms with van der Waals surface area (Å²) in [5, 5.41) is 16.8. The van der Waals surface area contributed by atoms with E-state index >= 15 is 0 Å². The van der Waals surface area contributed by atoms with Gasteiger partial charge in [0.15, 0.2) is 0 Å². The van der Waals surface area contributed by atoms with Crippen LogP contribution in [0.15, 0.2) is 41.5 Å². The fourth-order valence-corrected chi connectivity index (χ4v) is 4.86. The Kier molecular flexibility index (Phi) is 9.80. The Morgan fingerprint density at radius 2 is 1.97 bits per heavy atom. The minimum atomic E-state index is -0.735. The van der Waals surface area contributed by atoms with Gasteiger partial charge in [0.2, 0.25) is 12.7 Å². The molecule has 5 atom stereocenters. The molecule has 206 valence electrons. The number of nitrogens with zero attached hydrogens (tertiary/aromatic N) is 1. The zero-order valence-electron chi connectivity index (χ0n) is 22.5. The van der Waals surface area contributed by atoms with Gasteiger partial charge in [-0.2, -0.15) is 5.26 Å². The van der Waals surface area contributed by atoms with Gasteiger partial charge in [-0.1, -0.05) is 56.4 Å². The Hall–Kier alpha value is -3.79. The molecule has 9 nitrogen and oxygen atoms in total. The Bertz CT molecular complexity index is 1280. The number of carbonyl (C=O) groups excluding carboxylic acids is 3. The molecule has 1 aliphatic heterocycles. The first-order chi connectivity index (χ1) is 18.4. The monoisotopic (exact) mass is 553 g/mol. The van der Waals surface area contributed by atoms with Gasteiger partial charge in [0.1, 0.15) is 5.75 Å². The number of hydrogen-bond donors (Lipinski definition) is 2. The third kappa shape index (κ3) is 7.86. The molecule has 1 aromatic carbocycles. The van der Waals surface area contributed by atoms with Gasteiger partial charge >= 0.3 is 11.9 Å². The highest BCUT2D eigenvalue weighted by atomic mass is 35.5. The number of methoxy groups -OCH3 is 1. The first kappa shape index (κ1) is 29.8. The Labute approximate surface area is 233 Å². The van der Waals surface area contributed by atoms with Crippen molar-refractivity contribution in [3.63, 3.8) is 0 Å². The van der Waals surface area contributed by atoms with Gasteiger partial charge in [-0.15, -0.1) is 0 Å². The number of amides is 1. The second-order valence-electron chi connectivity index (χ2n) is 10.5. The third-order valence-electron chi connectivity index (χ3n) is 6.37. The number of rotatable bonds is 8. The molecule has 1 aromatic rings. The van der Waals surface area contributed by atoms with Gasteiger partial charge in [0.05, 0.1) is 41.4 Å². The van der Waals surface area contributed by atoms with E-state index in [1.807, 2.05) is 6.08 Å². The number of halogens is 1. The summed E-state index contributed by atoms with van der Waals surface area (Å²) in [7, 11) is 1.41. The molecule has 0 spiro atoms. The molecular weight excluding hydrogens is 522 g/mol. The van der Waals surface area contributed by atoms with Crippen molar-refractivity contribution in [2.24, 2.45) is 23.2 Å². The summed E-state index contributed by atoms with van der Waals surface area (Å²) >= 11 is 6.10. The van der Waals surface area contributed by atoms with E-state index in [1.54, 1.807) is 12.2 Å². The quantitative estimate of drug-likeness (QED) is 0.279. The van der Waals surface area contributed by atoms with Gasteiger partial charge in [-0.25, -0.2) is 4.79 Å². The van der Waals surface area contributed by atoms with E-state index in [9.17, 15) is 19.6 Å². The minimum Gasteiger partial charge on any atom is -0.495 e. The SMILES string of the molecule is COc1cc(C(=O)OCOC(C)=O)ccc1NC(=O)[C@@H]1NC(CC(C)(C)C)C(C#N)C1C1C#CC(Cl)=CC=C1. The predicted octanol–water partition coefficient (Wildman–Crippen LogP) is 4.16. The first-order valence-corrected chi connectivity index (χ1v) is 12.8. The van der Waals surface area contributed by atoms with Crippen LogP contribution >= 0.6 is 11.6 Å². The lowest BCUT2D eigenvalue weighted by Gasteiger charge is -2.26. The van der Waals surface area contributed by atoms with Crippen molar-refractivity contribution in [1.82, 2.24) is 5.32 Å². The molecule has 10 heteroatoms. The van der Waals surface area contributed by atoms with Gasteiger partial charge in [-0.3, -0.25) is 9.59 Å². The summed E-state index contributed by atoms with van der Waals surface area (Å²) in [5.74, 6) is 3.28. The molecule has 1 fully saturated rings. The second-order valence-corrected chi connectivity index (χ2v) is 10.9. The molecule has 0 saturated carbocycles. The largest absolute Gasteiger partial charge is 0.495 e. The van der Waals surface area contributed by atoms with Crippen LogP contribution < -0.4 is 15.4 Å². The maximum atomic E-state index is 13.7. The molecule has 1 amide bonds. The van der Waals surface area contributed by atoms with E-state index in [2.05, 4.69) is 54.1 Å². The zero-order chi connectivity index (χ0) is 28.7. The maximum absolute atomic E-state index is 13.7. The maximum Gasteiger partial charge on any atom is 0.341 e. The van der Waals surface area contributed by atoms with Crippen LogP contribution in [0, 0.1) is 46.3 Å². The van der Waals surface area contributed by atoms with Crippen LogP contribution in [0.1, 0.15) is 44.5 Å². The number of allylic oxidation sites excluding steroid dienone is 4. The van der Waals surface area contributed by atoms with Gasteiger partial charge < -0.3 is 24.8 Å². The van der Waals surface area contributed by atoms with Crippen molar-refractivity contribution in [3.8, 4) is 23.7 Å². The molecule has 39 heavy (non-hydrogen) atoms. The summed E-state index contributed by atoms with van der Waals surface area (Å²) < 4.78 is 15.0. The van der Waals surface area contributed by atoms with Crippen LogP contribution in [0.25, 0.3) is 0 Å². The van der Waals surface area contributed by atoms with Crippen LogP contribution in [0.5, 0.6) is 5.75 Å². The number of nitrogens with one attached hydrogen (secondary N) is 2. The zero-order valence-corrected chi connectivity index (χ0v) is 23.3. The van der Waals surface area contributed by atoms with Crippen molar-refractivity contribution in [2.75, 3.05) is 19.2 Å². The molecule has 1 heterocycles. The number of esters is 2. The number of anilines is 1. The van der Waals surface area contributed by atoms with Crippen molar-refractivity contribution >= 4 is 35.1 Å². The molecule has 4 unspecified atom stereocenters. The van der Waals surface area contributed by atoms with Crippen LogP contribution in [-0.4, -0.2) is 43.8 Å². The fraction of sp³-hybridized carbons (Fsp3) is 0.448. The van der Waals surface area contributed by atoms with E-state index in [0.717, 1.165) is 0 Å². The lowest BCUT2D eigenvalue weighted by Crippen LogP contribution is -2.44. The lowest BCUT2D eigenvalue weighted by atomic mass is 9.75. The highest BCUT2D eigenvalue weighted by molar-refractivity contribution is 6.32. The molecular formula is C29H32ClN3O6. The van der Waals surface area contributed by atoms with E-state index in [-0.39, 0.29) is 34.6 Å². The summed E-state index contributed by atoms with van der Waals surface area (Å²) in [6.07, 6.45) is 6.02. The number of hydrogen-bond acceptors (Lipinski definition) is 8. The van der Waals surface area contributed by atoms with Gasteiger partial charge in [0.25, 0.3) is 0 Å². The molecule has 1 aliphatic carbocycles. The summed E-state index contributed by atoms with van der Waals surface area (Å²) in [5.41, 5.74) is 0.397. The summed E-state index contributed by atoms with van der Waals surface area (Å²) in [4.78, 5) is 36.9. The van der Waals surface area contributed by atoms with Crippen LogP contribution in [0.4, 0.5) is 5.69 Å². The van der Waals surface area contributed by atoms with Crippen LogP contribution in [0.3, 0.4) is 0 Å².